The van der Waals surface area contributed by atoms with E-state index in [1.807, 2.05) is 0 Å². The van der Waals surface area contributed by atoms with Crippen molar-refractivity contribution in [1.29, 1.82) is 0 Å². The van der Waals surface area contributed by atoms with Crippen LogP contribution in [0.5, 0.6) is 0 Å². The highest BCUT2D eigenvalue weighted by atomic mass is 32.2. The molecule has 0 unspecified atom stereocenters. The van der Waals surface area contributed by atoms with Crippen LogP contribution < -0.4 is 4.31 Å². The summed E-state index contributed by atoms with van der Waals surface area (Å²) in [5.74, 6) is -0.567. The molecule has 0 aromatic heterocycles. The topological polar surface area (TPSA) is 66.9 Å². The van der Waals surface area contributed by atoms with E-state index in [1.165, 1.54) is 24.5 Å². The Kier molecular flexibility index (Phi) is 5.52. The van der Waals surface area contributed by atoms with E-state index in [0.717, 1.165) is 4.31 Å². The molecule has 0 aliphatic carbocycles. The third kappa shape index (κ3) is 3.10. The predicted octanol–water partition coefficient (Wildman–Crippen LogP) is 1.50. The maximum atomic E-state index is 12.5. The van der Waals surface area contributed by atoms with E-state index in [9.17, 15) is 13.2 Å². The molecular formula is C13H20N2O4S. The van der Waals surface area contributed by atoms with Gasteiger partial charge >= 0.3 is 16.2 Å². The number of carbonyl (C=O) groups is 1. The van der Waals surface area contributed by atoms with Gasteiger partial charge in [-0.1, -0.05) is 26.0 Å². The number of hydrogen-bond acceptors (Lipinski definition) is 4. The fraction of sp³-hybridized carbons (Fsp3) is 0.462. The van der Waals surface area contributed by atoms with Crippen LogP contribution in [-0.4, -0.2) is 45.9 Å². The molecule has 112 valence electrons. The maximum Gasteiger partial charge on any atom is 0.340 e. The maximum absolute atomic E-state index is 12.5. The molecular weight excluding hydrogens is 280 g/mol. The second-order valence-corrected chi connectivity index (χ2v) is 6.03. The summed E-state index contributed by atoms with van der Waals surface area (Å²) in [5, 5.41) is 0. The van der Waals surface area contributed by atoms with Gasteiger partial charge in [-0.3, -0.25) is 4.31 Å². The van der Waals surface area contributed by atoms with Crippen LogP contribution in [0, 0.1) is 0 Å². The number of nitrogens with zero attached hydrogens (tertiary/aromatic N) is 2. The molecule has 0 amide bonds. The van der Waals surface area contributed by atoms with Crippen molar-refractivity contribution in [3.05, 3.63) is 29.8 Å². The molecule has 0 heterocycles. The Morgan fingerprint density at radius 2 is 1.75 bits per heavy atom. The third-order valence-corrected chi connectivity index (χ3v) is 5.08. The predicted molar refractivity (Wildman–Crippen MR) is 78.0 cm³/mol. The first-order valence-electron chi connectivity index (χ1n) is 6.31. The van der Waals surface area contributed by atoms with Gasteiger partial charge in [0, 0.05) is 20.1 Å². The summed E-state index contributed by atoms with van der Waals surface area (Å²) in [7, 11) is -0.972. The minimum atomic E-state index is -3.66. The van der Waals surface area contributed by atoms with Crippen LogP contribution >= 0.6 is 0 Å². The van der Waals surface area contributed by atoms with Gasteiger partial charge in [0.2, 0.25) is 0 Å². The molecule has 1 rings (SSSR count). The van der Waals surface area contributed by atoms with Gasteiger partial charge in [0.25, 0.3) is 0 Å². The molecule has 0 aliphatic rings. The van der Waals surface area contributed by atoms with Crippen molar-refractivity contribution in [1.82, 2.24) is 4.31 Å². The molecule has 20 heavy (non-hydrogen) atoms. The van der Waals surface area contributed by atoms with Gasteiger partial charge in [-0.2, -0.15) is 12.7 Å². The van der Waals surface area contributed by atoms with Gasteiger partial charge in [-0.05, 0) is 12.1 Å². The quantitative estimate of drug-likeness (QED) is 0.747. The second-order valence-electron chi connectivity index (χ2n) is 4.07. The van der Waals surface area contributed by atoms with Crippen LogP contribution in [0.1, 0.15) is 24.2 Å². The van der Waals surface area contributed by atoms with E-state index < -0.39 is 16.2 Å². The largest absolute Gasteiger partial charge is 0.465 e. The van der Waals surface area contributed by atoms with Crippen molar-refractivity contribution in [3.8, 4) is 0 Å². The standard InChI is InChI=1S/C13H20N2O4S/c1-5-15(6-2)20(17,18)14(3)12-10-8-7-9-11(12)13(16)19-4/h7-10H,5-6H2,1-4H3. The Balaban J connectivity index is 3.28. The number of hydrogen-bond donors (Lipinski definition) is 0. The Bertz CT molecular complexity index is 567. The van der Waals surface area contributed by atoms with E-state index in [1.54, 1.807) is 32.0 Å². The average Bonchev–Trinajstić information content (AvgIpc) is 2.46. The van der Waals surface area contributed by atoms with E-state index in [-0.39, 0.29) is 5.56 Å². The number of esters is 1. The van der Waals surface area contributed by atoms with Crippen LogP contribution in [0.4, 0.5) is 5.69 Å². The lowest BCUT2D eigenvalue weighted by molar-refractivity contribution is 0.0601. The normalized spacial score (nSPS) is 11.4. The highest BCUT2D eigenvalue weighted by Crippen LogP contribution is 2.23. The van der Waals surface area contributed by atoms with Crippen molar-refractivity contribution in [2.45, 2.75) is 13.8 Å². The minimum Gasteiger partial charge on any atom is -0.465 e. The highest BCUT2D eigenvalue weighted by Gasteiger charge is 2.27. The number of anilines is 1. The van der Waals surface area contributed by atoms with Gasteiger partial charge in [0.15, 0.2) is 0 Å². The molecule has 0 fully saturated rings. The van der Waals surface area contributed by atoms with Crippen LogP contribution in [0.2, 0.25) is 0 Å². The fourth-order valence-corrected chi connectivity index (χ4v) is 3.28. The lowest BCUT2D eigenvalue weighted by Crippen LogP contribution is -2.42. The lowest BCUT2D eigenvalue weighted by atomic mass is 10.2. The average molecular weight is 300 g/mol. The molecule has 1 aromatic rings. The van der Waals surface area contributed by atoms with Gasteiger partial charge in [0.05, 0.1) is 18.4 Å². The lowest BCUT2D eigenvalue weighted by Gasteiger charge is -2.27. The van der Waals surface area contributed by atoms with E-state index in [0.29, 0.717) is 18.8 Å². The van der Waals surface area contributed by atoms with Crippen molar-refractivity contribution >= 4 is 21.9 Å². The second kappa shape index (κ2) is 6.71. The van der Waals surface area contributed by atoms with Gasteiger partial charge < -0.3 is 4.74 Å². The fourth-order valence-electron chi connectivity index (χ4n) is 1.88. The number of ether oxygens (including phenoxy) is 1. The molecule has 7 heteroatoms. The number of rotatable bonds is 6. The van der Waals surface area contributed by atoms with E-state index in [4.69, 9.17) is 0 Å². The summed E-state index contributed by atoms with van der Waals surface area (Å²) in [6.07, 6.45) is 0. The molecule has 0 N–H and O–H groups in total. The summed E-state index contributed by atoms with van der Waals surface area (Å²) in [6, 6.07) is 6.45. The molecule has 0 bridgehead atoms. The third-order valence-electron chi connectivity index (χ3n) is 3.03. The summed E-state index contributed by atoms with van der Waals surface area (Å²) in [6.45, 7) is 4.26. The number of carbonyl (C=O) groups excluding carboxylic acids is 1. The van der Waals surface area contributed by atoms with Crippen molar-refractivity contribution in [2.75, 3.05) is 31.6 Å². The van der Waals surface area contributed by atoms with Crippen LogP contribution in [0.15, 0.2) is 24.3 Å². The summed E-state index contributed by atoms with van der Waals surface area (Å²) in [4.78, 5) is 11.7. The Morgan fingerprint density at radius 3 is 2.25 bits per heavy atom. The Labute approximate surface area is 120 Å². The summed E-state index contributed by atoms with van der Waals surface area (Å²) < 4.78 is 32.0. The van der Waals surface area contributed by atoms with E-state index >= 15 is 0 Å². The number of para-hydroxylation sites is 1. The first-order chi connectivity index (χ1) is 9.39. The molecule has 1 aromatic carbocycles. The molecule has 0 saturated heterocycles. The zero-order valence-corrected chi connectivity index (χ0v) is 13.0. The molecule has 0 spiro atoms. The smallest absolute Gasteiger partial charge is 0.340 e. The molecule has 0 radical (unpaired) electrons. The minimum absolute atomic E-state index is 0.216. The van der Waals surface area contributed by atoms with Crippen LogP contribution in [0.25, 0.3) is 0 Å². The molecule has 6 nitrogen and oxygen atoms in total. The van der Waals surface area contributed by atoms with Crippen LogP contribution in [-0.2, 0) is 14.9 Å². The van der Waals surface area contributed by atoms with Gasteiger partial charge in [0.1, 0.15) is 0 Å². The highest BCUT2D eigenvalue weighted by molar-refractivity contribution is 7.90. The molecule has 0 saturated carbocycles. The molecule has 0 atom stereocenters. The Morgan fingerprint density at radius 1 is 1.20 bits per heavy atom. The first-order valence-corrected chi connectivity index (χ1v) is 7.71. The number of benzene rings is 1. The summed E-state index contributed by atoms with van der Waals surface area (Å²) in [5.41, 5.74) is 0.513. The zero-order valence-electron chi connectivity index (χ0n) is 12.2. The van der Waals surface area contributed by atoms with Crippen molar-refractivity contribution < 1.29 is 17.9 Å². The van der Waals surface area contributed by atoms with Gasteiger partial charge in [-0.15, -0.1) is 0 Å². The van der Waals surface area contributed by atoms with Gasteiger partial charge in [-0.25, -0.2) is 4.79 Å². The monoisotopic (exact) mass is 300 g/mol. The van der Waals surface area contributed by atoms with Crippen molar-refractivity contribution in [3.63, 3.8) is 0 Å². The number of methoxy groups -OCH3 is 1. The first kappa shape index (κ1) is 16.5. The SMILES string of the molecule is CCN(CC)S(=O)(=O)N(C)c1ccccc1C(=O)OC. The Hall–Kier alpha value is -1.60. The molecule has 0 aliphatic heterocycles. The van der Waals surface area contributed by atoms with Crippen molar-refractivity contribution in [2.24, 2.45) is 0 Å². The zero-order chi connectivity index (χ0) is 15.3. The summed E-state index contributed by atoms with van der Waals surface area (Å²) >= 11 is 0. The van der Waals surface area contributed by atoms with Crippen LogP contribution in [0.3, 0.4) is 0 Å². The van der Waals surface area contributed by atoms with E-state index in [2.05, 4.69) is 4.74 Å².